The lowest BCUT2D eigenvalue weighted by molar-refractivity contribution is -0.114. The number of anilines is 3. The second-order valence-electron chi connectivity index (χ2n) is 5.94. The maximum Gasteiger partial charge on any atom is 0.221 e. The normalized spacial score (nSPS) is 10.7. The molecule has 0 atom stereocenters. The van der Waals surface area contributed by atoms with Crippen LogP contribution in [0.1, 0.15) is 6.92 Å². The lowest BCUT2D eigenvalue weighted by atomic mass is 10.2. The number of aromatic amines is 1. The summed E-state index contributed by atoms with van der Waals surface area (Å²) in [6, 6.07) is 17.6. The molecular formula is C20H17N5O. The molecule has 0 aliphatic heterocycles. The minimum Gasteiger partial charge on any atom is -0.353 e. The zero-order valence-corrected chi connectivity index (χ0v) is 14.2. The predicted octanol–water partition coefficient (Wildman–Crippen LogP) is 4.33. The fraction of sp³-hybridized carbons (Fsp3) is 0.0500. The molecule has 0 aliphatic rings. The summed E-state index contributed by atoms with van der Waals surface area (Å²) in [5, 5.41) is 7.10. The standard InChI is InChI=1S/C20H17N5O/c1-13(26)22-15-6-8-16(9-7-15)23-20-12-21-11-19(25-20)18-10-14-4-2-3-5-17(14)24-18/h2-12,24H,1H3,(H,22,26)(H,23,25). The smallest absolute Gasteiger partial charge is 0.221 e. The third kappa shape index (κ3) is 3.39. The summed E-state index contributed by atoms with van der Waals surface area (Å²) in [5.41, 5.74) is 4.36. The number of para-hydroxylation sites is 1. The van der Waals surface area contributed by atoms with E-state index < -0.39 is 0 Å². The molecule has 128 valence electrons. The van der Waals surface area contributed by atoms with Crippen LogP contribution in [0.3, 0.4) is 0 Å². The molecule has 1 amide bonds. The van der Waals surface area contributed by atoms with E-state index in [0.717, 1.165) is 33.7 Å². The van der Waals surface area contributed by atoms with E-state index >= 15 is 0 Å². The molecular weight excluding hydrogens is 326 g/mol. The van der Waals surface area contributed by atoms with Gasteiger partial charge in [-0.05, 0) is 36.4 Å². The Bertz CT molecular complexity index is 1040. The van der Waals surface area contributed by atoms with Gasteiger partial charge in [-0.25, -0.2) is 4.98 Å². The van der Waals surface area contributed by atoms with E-state index in [-0.39, 0.29) is 5.91 Å². The highest BCUT2D eigenvalue weighted by Crippen LogP contribution is 2.24. The molecule has 0 saturated heterocycles. The Kier molecular flexibility index (Phi) is 4.07. The van der Waals surface area contributed by atoms with E-state index in [1.807, 2.05) is 42.5 Å². The number of hydrogen-bond donors (Lipinski definition) is 3. The van der Waals surface area contributed by atoms with Crippen molar-refractivity contribution in [3.63, 3.8) is 0 Å². The van der Waals surface area contributed by atoms with Crippen molar-refractivity contribution in [2.45, 2.75) is 6.92 Å². The molecule has 0 unspecified atom stereocenters. The first-order valence-corrected chi connectivity index (χ1v) is 8.22. The van der Waals surface area contributed by atoms with Crippen molar-refractivity contribution in [1.82, 2.24) is 15.0 Å². The molecule has 0 fully saturated rings. The third-order valence-corrected chi connectivity index (χ3v) is 3.92. The first kappa shape index (κ1) is 15.8. The van der Waals surface area contributed by atoms with Gasteiger partial charge in [0.2, 0.25) is 5.91 Å². The lowest BCUT2D eigenvalue weighted by Gasteiger charge is -2.08. The van der Waals surface area contributed by atoms with Gasteiger partial charge >= 0.3 is 0 Å². The average molecular weight is 343 g/mol. The van der Waals surface area contributed by atoms with Crippen molar-refractivity contribution in [2.24, 2.45) is 0 Å². The fourth-order valence-corrected chi connectivity index (χ4v) is 2.76. The molecule has 3 N–H and O–H groups in total. The van der Waals surface area contributed by atoms with Gasteiger partial charge in [-0.1, -0.05) is 18.2 Å². The largest absolute Gasteiger partial charge is 0.353 e. The second-order valence-corrected chi connectivity index (χ2v) is 5.94. The lowest BCUT2D eigenvalue weighted by Crippen LogP contribution is -2.05. The van der Waals surface area contributed by atoms with E-state index in [1.54, 1.807) is 12.4 Å². The molecule has 6 heteroatoms. The number of nitrogens with zero attached hydrogens (tertiary/aromatic N) is 2. The fourth-order valence-electron chi connectivity index (χ4n) is 2.76. The third-order valence-electron chi connectivity index (χ3n) is 3.92. The van der Waals surface area contributed by atoms with Crippen molar-refractivity contribution in [3.05, 3.63) is 67.0 Å². The summed E-state index contributed by atoms with van der Waals surface area (Å²) in [6.07, 6.45) is 3.41. The molecule has 0 aliphatic carbocycles. The molecule has 4 rings (SSSR count). The maximum absolute atomic E-state index is 11.1. The zero-order valence-electron chi connectivity index (χ0n) is 14.2. The van der Waals surface area contributed by atoms with Crippen molar-refractivity contribution >= 4 is 34.0 Å². The Hall–Kier alpha value is -3.67. The van der Waals surface area contributed by atoms with Gasteiger partial charge in [-0.15, -0.1) is 0 Å². The van der Waals surface area contributed by atoms with Crippen molar-refractivity contribution < 1.29 is 4.79 Å². The van der Waals surface area contributed by atoms with Gasteiger partial charge in [-0.2, -0.15) is 0 Å². The molecule has 4 aromatic rings. The number of amides is 1. The van der Waals surface area contributed by atoms with E-state index in [2.05, 4.69) is 37.7 Å². The van der Waals surface area contributed by atoms with Crippen LogP contribution < -0.4 is 10.6 Å². The summed E-state index contributed by atoms with van der Waals surface area (Å²) in [7, 11) is 0. The van der Waals surface area contributed by atoms with Gasteiger partial charge in [0.1, 0.15) is 11.5 Å². The quantitative estimate of drug-likeness (QED) is 0.515. The SMILES string of the molecule is CC(=O)Nc1ccc(Nc2cncc(-c3cc4ccccc4[nH]3)n2)cc1. The topological polar surface area (TPSA) is 82.7 Å². The molecule has 2 aromatic heterocycles. The van der Waals surface area contributed by atoms with Crippen LogP contribution in [0.25, 0.3) is 22.3 Å². The predicted molar refractivity (Wildman–Crippen MR) is 103 cm³/mol. The molecule has 2 aromatic carbocycles. The maximum atomic E-state index is 11.1. The minimum absolute atomic E-state index is 0.0948. The number of carbonyl (C=O) groups is 1. The van der Waals surface area contributed by atoms with Crippen molar-refractivity contribution in [1.29, 1.82) is 0 Å². The monoisotopic (exact) mass is 343 g/mol. The Labute approximate surface area is 150 Å². The molecule has 6 nitrogen and oxygen atoms in total. The van der Waals surface area contributed by atoms with Crippen LogP contribution in [0.4, 0.5) is 17.2 Å². The van der Waals surface area contributed by atoms with Gasteiger partial charge in [-0.3, -0.25) is 9.78 Å². The molecule has 0 bridgehead atoms. The van der Waals surface area contributed by atoms with E-state index in [4.69, 9.17) is 0 Å². The summed E-state index contributed by atoms with van der Waals surface area (Å²) in [5.74, 6) is 0.552. The summed E-state index contributed by atoms with van der Waals surface area (Å²) in [6.45, 7) is 1.48. The van der Waals surface area contributed by atoms with Crippen molar-refractivity contribution in [2.75, 3.05) is 10.6 Å². The Balaban J connectivity index is 1.56. The Morgan fingerprint density at radius 2 is 1.77 bits per heavy atom. The highest BCUT2D eigenvalue weighted by Gasteiger charge is 2.06. The van der Waals surface area contributed by atoms with Gasteiger partial charge in [0, 0.05) is 29.2 Å². The number of hydrogen-bond acceptors (Lipinski definition) is 4. The number of aromatic nitrogens is 3. The summed E-state index contributed by atoms with van der Waals surface area (Å²) < 4.78 is 0. The van der Waals surface area contributed by atoms with Crippen LogP contribution in [0, 0.1) is 0 Å². The van der Waals surface area contributed by atoms with Crippen LogP contribution in [0.5, 0.6) is 0 Å². The minimum atomic E-state index is -0.0948. The van der Waals surface area contributed by atoms with Crippen molar-refractivity contribution in [3.8, 4) is 11.4 Å². The van der Waals surface area contributed by atoms with Gasteiger partial charge in [0.05, 0.1) is 18.1 Å². The van der Waals surface area contributed by atoms with Crippen LogP contribution in [0.2, 0.25) is 0 Å². The van der Waals surface area contributed by atoms with Crippen LogP contribution in [-0.4, -0.2) is 20.9 Å². The average Bonchev–Trinajstić information content (AvgIpc) is 3.07. The highest BCUT2D eigenvalue weighted by atomic mass is 16.1. The van der Waals surface area contributed by atoms with Gasteiger partial charge in [0.15, 0.2) is 0 Å². The first-order valence-electron chi connectivity index (χ1n) is 8.22. The van der Waals surface area contributed by atoms with Crippen LogP contribution in [-0.2, 0) is 4.79 Å². The van der Waals surface area contributed by atoms with Gasteiger partial charge in [0.25, 0.3) is 0 Å². The zero-order chi connectivity index (χ0) is 17.9. The molecule has 0 saturated carbocycles. The van der Waals surface area contributed by atoms with E-state index in [1.165, 1.54) is 6.92 Å². The van der Waals surface area contributed by atoms with E-state index in [9.17, 15) is 4.79 Å². The number of fused-ring (bicyclic) bond motifs is 1. The first-order chi connectivity index (χ1) is 12.7. The summed E-state index contributed by atoms with van der Waals surface area (Å²) >= 11 is 0. The Morgan fingerprint density at radius 1 is 1.00 bits per heavy atom. The molecule has 0 spiro atoms. The molecule has 26 heavy (non-hydrogen) atoms. The second kappa shape index (κ2) is 6.68. The number of rotatable bonds is 4. The summed E-state index contributed by atoms with van der Waals surface area (Å²) in [4.78, 5) is 23.3. The van der Waals surface area contributed by atoms with E-state index in [0.29, 0.717) is 5.82 Å². The number of nitrogens with one attached hydrogen (secondary N) is 3. The van der Waals surface area contributed by atoms with Gasteiger partial charge < -0.3 is 15.6 Å². The van der Waals surface area contributed by atoms with Crippen LogP contribution in [0.15, 0.2) is 67.0 Å². The Morgan fingerprint density at radius 3 is 2.54 bits per heavy atom. The number of benzene rings is 2. The molecule has 2 heterocycles. The number of carbonyl (C=O) groups excluding carboxylic acids is 1. The molecule has 0 radical (unpaired) electrons. The highest BCUT2D eigenvalue weighted by molar-refractivity contribution is 5.89. The van der Waals surface area contributed by atoms with Crippen LogP contribution >= 0.6 is 0 Å². The number of H-pyrrole nitrogens is 1.